The summed E-state index contributed by atoms with van der Waals surface area (Å²) in [6.45, 7) is 2.84. The average Bonchev–Trinajstić information content (AvgIpc) is 2.77. The lowest BCUT2D eigenvalue weighted by Crippen LogP contribution is -2.22. The van der Waals surface area contributed by atoms with E-state index in [2.05, 4.69) is 26.7 Å². The highest BCUT2D eigenvalue weighted by Crippen LogP contribution is 2.13. The zero-order valence-electron chi connectivity index (χ0n) is 8.29. The third kappa shape index (κ3) is 2.66. The fraction of sp³-hybridized carbons (Fsp3) is 0.375. The van der Waals surface area contributed by atoms with Crippen LogP contribution in [0.5, 0.6) is 0 Å². The van der Waals surface area contributed by atoms with E-state index in [9.17, 15) is 0 Å². The summed E-state index contributed by atoms with van der Waals surface area (Å²) >= 11 is 1.26. The molecule has 0 aliphatic carbocycles. The minimum atomic E-state index is 0.234. The number of hydrogen-bond acceptors (Lipinski definition) is 6. The van der Waals surface area contributed by atoms with E-state index in [0.29, 0.717) is 5.95 Å². The van der Waals surface area contributed by atoms with Crippen LogP contribution in [0.15, 0.2) is 18.5 Å². The number of nitrogens with one attached hydrogen (secondary N) is 1. The van der Waals surface area contributed by atoms with Gasteiger partial charge in [0.15, 0.2) is 0 Å². The van der Waals surface area contributed by atoms with Crippen LogP contribution in [0.1, 0.15) is 6.92 Å². The van der Waals surface area contributed by atoms with Crippen molar-refractivity contribution in [1.29, 1.82) is 0 Å². The molecule has 1 unspecified atom stereocenters. The fourth-order valence-electron chi connectivity index (χ4n) is 1.24. The molecular weight excluding hydrogens is 212 g/mol. The van der Waals surface area contributed by atoms with Crippen molar-refractivity contribution >= 4 is 22.6 Å². The summed E-state index contributed by atoms with van der Waals surface area (Å²) in [5, 5.41) is 8.07. The molecule has 0 fully saturated rings. The number of rotatable bonds is 4. The van der Waals surface area contributed by atoms with Gasteiger partial charge in [-0.1, -0.05) is 0 Å². The van der Waals surface area contributed by atoms with Crippen molar-refractivity contribution in [2.75, 3.05) is 11.1 Å². The molecule has 0 aliphatic rings. The molecule has 2 aromatic heterocycles. The Hall–Kier alpha value is -1.63. The van der Waals surface area contributed by atoms with Crippen molar-refractivity contribution in [3.05, 3.63) is 18.5 Å². The van der Waals surface area contributed by atoms with Gasteiger partial charge in [0.25, 0.3) is 0 Å². The first-order valence-electron chi connectivity index (χ1n) is 4.57. The molecule has 0 saturated carbocycles. The highest BCUT2D eigenvalue weighted by atomic mass is 32.1. The van der Waals surface area contributed by atoms with E-state index in [-0.39, 0.29) is 6.04 Å². The maximum Gasteiger partial charge on any atom is 0.233 e. The Morgan fingerprint density at radius 3 is 3.13 bits per heavy atom. The van der Waals surface area contributed by atoms with Crippen molar-refractivity contribution in [3.63, 3.8) is 0 Å². The van der Waals surface area contributed by atoms with Crippen LogP contribution in [0.2, 0.25) is 0 Å². The molecule has 1 atom stereocenters. The molecule has 80 valence electrons. The van der Waals surface area contributed by atoms with Crippen molar-refractivity contribution in [2.45, 2.75) is 19.5 Å². The molecule has 0 amide bonds. The summed E-state index contributed by atoms with van der Waals surface area (Å²) in [5.41, 5.74) is 5.42. The maximum atomic E-state index is 5.42. The van der Waals surface area contributed by atoms with Crippen LogP contribution in [0.3, 0.4) is 0 Å². The van der Waals surface area contributed by atoms with E-state index in [1.165, 1.54) is 11.5 Å². The van der Waals surface area contributed by atoms with Crippen molar-refractivity contribution in [2.24, 2.45) is 0 Å². The Bertz CT molecular complexity index is 408. The first kappa shape index (κ1) is 9.91. The lowest BCUT2D eigenvalue weighted by Gasteiger charge is -2.11. The van der Waals surface area contributed by atoms with Crippen LogP contribution in [0.4, 0.5) is 11.1 Å². The smallest absolute Gasteiger partial charge is 0.233 e. The first-order valence-corrected chi connectivity index (χ1v) is 5.34. The highest BCUT2D eigenvalue weighted by molar-refractivity contribution is 7.09. The summed E-state index contributed by atoms with van der Waals surface area (Å²) in [5.74, 6) is 0.314. The molecule has 3 N–H and O–H groups in total. The summed E-state index contributed by atoms with van der Waals surface area (Å²) in [6, 6.07) is 2.13. The number of nitrogens with zero attached hydrogens (tertiary/aromatic N) is 4. The molecular formula is C8H12N6S. The second kappa shape index (κ2) is 4.26. The quantitative estimate of drug-likeness (QED) is 0.803. The minimum absolute atomic E-state index is 0.234. The van der Waals surface area contributed by atoms with Crippen molar-refractivity contribution in [3.8, 4) is 0 Å². The van der Waals surface area contributed by atoms with E-state index in [0.717, 1.165) is 11.7 Å². The molecule has 0 radical (unpaired) electrons. The predicted octanol–water partition coefficient (Wildman–Crippen LogP) is 0.817. The van der Waals surface area contributed by atoms with Gasteiger partial charge in [-0.05, 0) is 13.0 Å². The Kier molecular flexibility index (Phi) is 2.82. The zero-order chi connectivity index (χ0) is 10.7. The normalized spacial score (nSPS) is 12.6. The Labute approximate surface area is 91.3 Å². The van der Waals surface area contributed by atoms with Crippen molar-refractivity contribution in [1.82, 2.24) is 19.1 Å². The molecule has 15 heavy (non-hydrogen) atoms. The molecule has 2 aromatic rings. The second-order valence-electron chi connectivity index (χ2n) is 3.23. The van der Waals surface area contributed by atoms with E-state index >= 15 is 0 Å². The van der Waals surface area contributed by atoms with Gasteiger partial charge in [-0.2, -0.15) is 14.5 Å². The number of aromatic nitrogens is 4. The van der Waals surface area contributed by atoms with Crippen LogP contribution >= 0.6 is 11.5 Å². The SMILES string of the molecule is CC(Cn1cccn1)Nc1nc(N)ns1. The molecule has 0 saturated heterocycles. The standard InChI is InChI=1S/C8H12N6S/c1-6(5-14-4-2-3-10-14)11-8-12-7(9)13-15-8/h2-4,6H,5H2,1H3,(H3,9,11,12,13). The molecule has 0 aliphatic heterocycles. The molecule has 7 heteroatoms. The monoisotopic (exact) mass is 224 g/mol. The molecule has 2 rings (SSSR count). The number of anilines is 2. The molecule has 0 spiro atoms. The largest absolute Gasteiger partial charge is 0.367 e. The van der Waals surface area contributed by atoms with Gasteiger partial charge in [-0.25, -0.2) is 0 Å². The Balaban J connectivity index is 1.90. The van der Waals surface area contributed by atoms with Crippen LogP contribution in [-0.4, -0.2) is 25.2 Å². The molecule has 0 bridgehead atoms. The van der Waals surface area contributed by atoms with Gasteiger partial charge in [0.2, 0.25) is 11.1 Å². The maximum absolute atomic E-state index is 5.42. The van der Waals surface area contributed by atoms with Gasteiger partial charge in [0.1, 0.15) is 0 Å². The highest BCUT2D eigenvalue weighted by Gasteiger charge is 2.06. The lowest BCUT2D eigenvalue weighted by molar-refractivity contribution is 0.560. The second-order valence-corrected chi connectivity index (χ2v) is 3.98. The van der Waals surface area contributed by atoms with Crippen LogP contribution in [0, 0.1) is 0 Å². The molecule has 0 aromatic carbocycles. The average molecular weight is 224 g/mol. The van der Waals surface area contributed by atoms with Crippen LogP contribution < -0.4 is 11.1 Å². The van der Waals surface area contributed by atoms with Crippen LogP contribution in [0.25, 0.3) is 0 Å². The predicted molar refractivity (Wildman–Crippen MR) is 59.6 cm³/mol. The van der Waals surface area contributed by atoms with Crippen molar-refractivity contribution < 1.29 is 0 Å². The number of nitrogens with two attached hydrogens (primary N) is 1. The van der Waals surface area contributed by atoms with Gasteiger partial charge in [-0.3, -0.25) is 4.68 Å². The van der Waals surface area contributed by atoms with Crippen LogP contribution in [-0.2, 0) is 6.54 Å². The zero-order valence-corrected chi connectivity index (χ0v) is 9.11. The van der Waals surface area contributed by atoms with Gasteiger partial charge < -0.3 is 11.1 Å². The summed E-state index contributed by atoms with van der Waals surface area (Å²) in [7, 11) is 0. The topological polar surface area (TPSA) is 81.7 Å². The van der Waals surface area contributed by atoms with E-state index in [1.54, 1.807) is 6.20 Å². The van der Waals surface area contributed by atoms with E-state index < -0.39 is 0 Å². The summed E-state index contributed by atoms with van der Waals surface area (Å²) in [6.07, 6.45) is 3.68. The first-order chi connectivity index (χ1) is 7.24. The number of hydrogen-bond donors (Lipinski definition) is 2. The van der Waals surface area contributed by atoms with Gasteiger partial charge in [0, 0.05) is 30.0 Å². The van der Waals surface area contributed by atoms with Gasteiger partial charge in [0.05, 0.1) is 6.54 Å². The minimum Gasteiger partial charge on any atom is -0.367 e. The Morgan fingerprint density at radius 2 is 2.53 bits per heavy atom. The van der Waals surface area contributed by atoms with E-state index in [4.69, 9.17) is 5.73 Å². The third-order valence-electron chi connectivity index (χ3n) is 1.83. The number of nitrogen functional groups attached to an aromatic ring is 1. The van der Waals surface area contributed by atoms with E-state index in [1.807, 2.05) is 16.9 Å². The third-order valence-corrected chi connectivity index (χ3v) is 2.49. The Morgan fingerprint density at radius 1 is 1.67 bits per heavy atom. The summed E-state index contributed by atoms with van der Waals surface area (Å²) in [4.78, 5) is 4.02. The molecule has 2 heterocycles. The molecule has 6 nitrogen and oxygen atoms in total. The van der Waals surface area contributed by atoms with Gasteiger partial charge >= 0.3 is 0 Å². The summed E-state index contributed by atoms with van der Waals surface area (Å²) < 4.78 is 5.75. The van der Waals surface area contributed by atoms with Gasteiger partial charge in [-0.15, -0.1) is 0 Å². The lowest BCUT2D eigenvalue weighted by atomic mass is 10.3. The fourth-order valence-corrected chi connectivity index (χ4v) is 1.85.